The fraction of sp³-hybridized carbons (Fsp3) is 0.190. The molecule has 1 aromatic carbocycles. The second-order valence-corrected chi connectivity index (χ2v) is 6.38. The van der Waals surface area contributed by atoms with Crippen molar-refractivity contribution in [2.24, 2.45) is 0 Å². The molecule has 2 aromatic heterocycles. The van der Waals surface area contributed by atoms with Crippen molar-refractivity contribution in [3.8, 4) is 0 Å². The molecular weight excluding hydrogens is 324 g/mol. The molecule has 2 heterocycles. The topological polar surface area (TPSA) is 59.8 Å². The molecule has 26 heavy (non-hydrogen) atoms. The Bertz CT molecular complexity index is 897. The number of hydrogen-bond acceptors (Lipinski definition) is 3. The number of anilines is 1. The summed E-state index contributed by atoms with van der Waals surface area (Å²) in [6.07, 6.45) is 10.5. The SMILES string of the molecule is CC(C)c1nccn1Cc1cccc(NC(=O)/C=C\c2cccnc2)c1. The Kier molecular flexibility index (Phi) is 5.59. The first-order chi connectivity index (χ1) is 12.6. The van der Waals surface area contributed by atoms with Gasteiger partial charge < -0.3 is 9.88 Å². The zero-order valence-electron chi connectivity index (χ0n) is 15.0. The van der Waals surface area contributed by atoms with E-state index in [9.17, 15) is 4.79 Å². The van der Waals surface area contributed by atoms with Crippen LogP contribution < -0.4 is 5.32 Å². The van der Waals surface area contributed by atoms with Gasteiger partial charge in [0.15, 0.2) is 0 Å². The Morgan fingerprint density at radius 3 is 2.88 bits per heavy atom. The van der Waals surface area contributed by atoms with Crippen LogP contribution in [0.25, 0.3) is 6.08 Å². The molecule has 3 rings (SSSR count). The number of nitrogens with one attached hydrogen (secondary N) is 1. The predicted molar refractivity (Wildman–Crippen MR) is 104 cm³/mol. The van der Waals surface area contributed by atoms with Crippen molar-refractivity contribution < 1.29 is 4.79 Å². The molecule has 0 atom stereocenters. The number of pyridine rings is 1. The van der Waals surface area contributed by atoms with Crippen LogP contribution in [0.2, 0.25) is 0 Å². The van der Waals surface area contributed by atoms with Gasteiger partial charge in [0.2, 0.25) is 5.91 Å². The number of carbonyl (C=O) groups is 1. The molecule has 0 saturated heterocycles. The lowest BCUT2D eigenvalue weighted by atomic mass is 10.1. The molecule has 0 bridgehead atoms. The van der Waals surface area contributed by atoms with Gasteiger partial charge in [0.1, 0.15) is 5.82 Å². The van der Waals surface area contributed by atoms with Crippen molar-refractivity contribution in [2.45, 2.75) is 26.3 Å². The average molecular weight is 346 g/mol. The fourth-order valence-corrected chi connectivity index (χ4v) is 2.73. The normalized spacial score (nSPS) is 11.2. The molecule has 0 fully saturated rings. The van der Waals surface area contributed by atoms with E-state index in [1.54, 1.807) is 18.5 Å². The Balaban J connectivity index is 1.66. The zero-order chi connectivity index (χ0) is 18.4. The number of carbonyl (C=O) groups excluding carboxylic acids is 1. The van der Waals surface area contributed by atoms with Crippen LogP contribution in [0, 0.1) is 0 Å². The van der Waals surface area contributed by atoms with Gasteiger partial charge in [-0.25, -0.2) is 4.98 Å². The van der Waals surface area contributed by atoms with Gasteiger partial charge in [0.25, 0.3) is 0 Å². The van der Waals surface area contributed by atoms with Gasteiger partial charge in [-0.05, 0) is 35.4 Å². The standard InChI is InChI=1S/C21H22N4O/c1-16(2)21-23-11-12-25(21)15-18-5-3-7-19(13-18)24-20(26)9-8-17-6-4-10-22-14-17/h3-14,16H,15H2,1-2H3,(H,24,26)/b9-8-. The number of hydrogen-bond donors (Lipinski definition) is 1. The maximum Gasteiger partial charge on any atom is 0.248 e. The summed E-state index contributed by atoms with van der Waals surface area (Å²) in [4.78, 5) is 20.6. The molecule has 5 nitrogen and oxygen atoms in total. The number of benzene rings is 1. The van der Waals surface area contributed by atoms with Crippen LogP contribution in [0.1, 0.15) is 36.7 Å². The molecular formula is C21H22N4O. The van der Waals surface area contributed by atoms with E-state index in [-0.39, 0.29) is 5.91 Å². The quantitative estimate of drug-likeness (QED) is 0.684. The highest BCUT2D eigenvalue weighted by Gasteiger charge is 2.08. The minimum atomic E-state index is -0.170. The third-order valence-electron chi connectivity index (χ3n) is 3.92. The van der Waals surface area contributed by atoms with Crippen molar-refractivity contribution in [1.82, 2.24) is 14.5 Å². The molecule has 1 N–H and O–H groups in total. The smallest absolute Gasteiger partial charge is 0.248 e. The number of rotatable bonds is 6. The summed E-state index contributed by atoms with van der Waals surface area (Å²) in [6, 6.07) is 11.6. The van der Waals surface area contributed by atoms with Crippen molar-refractivity contribution in [3.63, 3.8) is 0 Å². The van der Waals surface area contributed by atoms with Gasteiger partial charge >= 0.3 is 0 Å². The summed E-state index contributed by atoms with van der Waals surface area (Å²) >= 11 is 0. The Hall–Kier alpha value is -3.21. The third-order valence-corrected chi connectivity index (χ3v) is 3.92. The van der Waals surface area contributed by atoms with Crippen LogP contribution in [0.15, 0.2) is 67.3 Å². The molecule has 1 amide bonds. The largest absolute Gasteiger partial charge is 0.330 e. The zero-order valence-corrected chi connectivity index (χ0v) is 15.0. The molecule has 5 heteroatoms. The maximum atomic E-state index is 12.1. The first-order valence-electron chi connectivity index (χ1n) is 8.61. The summed E-state index contributed by atoms with van der Waals surface area (Å²) in [5.41, 5.74) is 2.77. The monoisotopic (exact) mass is 346 g/mol. The number of nitrogens with zero attached hydrogens (tertiary/aromatic N) is 3. The van der Waals surface area contributed by atoms with E-state index in [1.807, 2.05) is 48.8 Å². The summed E-state index contributed by atoms with van der Waals surface area (Å²) in [7, 11) is 0. The first kappa shape index (κ1) is 17.6. The van der Waals surface area contributed by atoms with Crippen LogP contribution in [0.3, 0.4) is 0 Å². The minimum absolute atomic E-state index is 0.170. The molecule has 0 aliphatic rings. The molecule has 3 aromatic rings. The summed E-state index contributed by atoms with van der Waals surface area (Å²) in [5, 5.41) is 2.90. The van der Waals surface area contributed by atoms with Gasteiger partial charge in [-0.15, -0.1) is 0 Å². The third kappa shape index (κ3) is 4.66. The van der Waals surface area contributed by atoms with Gasteiger partial charge in [0.05, 0.1) is 0 Å². The van der Waals surface area contributed by atoms with E-state index in [2.05, 4.69) is 33.7 Å². The second kappa shape index (κ2) is 8.25. The first-order valence-corrected chi connectivity index (χ1v) is 8.61. The molecule has 0 aliphatic carbocycles. The lowest BCUT2D eigenvalue weighted by Crippen LogP contribution is -2.09. The predicted octanol–water partition coefficient (Wildman–Crippen LogP) is 4.10. The molecule has 0 saturated carbocycles. The van der Waals surface area contributed by atoms with Crippen LogP contribution >= 0.6 is 0 Å². The van der Waals surface area contributed by atoms with E-state index in [4.69, 9.17) is 0 Å². The van der Waals surface area contributed by atoms with Gasteiger partial charge in [-0.2, -0.15) is 0 Å². The number of aromatic nitrogens is 3. The van der Waals surface area contributed by atoms with Crippen molar-refractivity contribution in [1.29, 1.82) is 0 Å². The Morgan fingerprint density at radius 2 is 2.12 bits per heavy atom. The van der Waals surface area contributed by atoms with Gasteiger partial charge in [-0.3, -0.25) is 9.78 Å². The summed E-state index contributed by atoms with van der Waals surface area (Å²) < 4.78 is 2.13. The fourth-order valence-electron chi connectivity index (χ4n) is 2.73. The van der Waals surface area contributed by atoms with Crippen LogP contribution in [-0.4, -0.2) is 20.4 Å². The molecule has 0 aliphatic heterocycles. The number of amides is 1. The average Bonchev–Trinajstić information content (AvgIpc) is 3.09. The van der Waals surface area contributed by atoms with Crippen molar-refractivity contribution >= 4 is 17.7 Å². The lowest BCUT2D eigenvalue weighted by molar-refractivity contribution is -0.111. The molecule has 0 radical (unpaired) electrons. The van der Waals surface area contributed by atoms with E-state index >= 15 is 0 Å². The second-order valence-electron chi connectivity index (χ2n) is 6.38. The molecule has 132 valence electrons. The number of imidazole rings is 1. The maximum absolute atomic E-state index is 12.1. The van der Waals surface area contributed by atoms with E-state index < -0.39 is 0 Å². The highest BCUT2D eigenvalue weighted by molar-refractivity contribution is 6.01. The van der Waals surface area contributed by atoms with Crippen LogP contribution in [0.5, 0.6) is 0 Å². The van der Waals surface area contributed by atoms with E-state index in [1.165, 1.54) is 6.08 Å². The van der Waals surface area contributed by atoms with E-state index in [0.717, 1.165) is 29.2 Å². The summed E-state index contributed by atoms with van der Waals surface area (Å²) in [5.74, 6) is 1.25. The lowest BCUT2D eigenvalue weighted by Gasteiger charge is -2.11. The van der Waals surface area contributed by atoms with E-state index in [0.29, 0.717) is 5.92 Å². The van der Waals surface area contributed by atoms with Gasteiger partial charge in [0, 0.05) is 49.0 Å². The molecule has 0 unspecified atom stereocenters. The van der Waals surface area contributed by atoms with Crippen molar-refractivity contribution in [2.75, 3.05) is 5.32 Å². The highest BCUT2D eigenvalue weighted by Crippen LogP contribution is 2.16. The Labute approximate surface area is 153 Å². The Morgan fingerprint density at radius 1 is 1.23 bits per heavy atom. The highest BCUT2D eigenvalue weighted by atomic mass is 16.1. The van der Waals surface area contributed by atoms with Crippen LogP contribution in [0.4, 0.5) is 5.69 Å². The van der Waals surface area contributed by atoms with Gasteiger partial charge in [-0.1, -0.05) is 32.0 Å². The van der Waals surface area contributed by atoms with Crippen LogP contribution in [-0.2, 0) is 11.3 Å². The minimum Gasteiger partial charge on any atom is -0.330 e. The van der Waals surface area contributed by atoms with Crippen molar-refractivity contribution in [3.05, 3.63) is 84.2 Å². The summed E-state index contributed by atoms with van der Waals surface area (Å²) in [6.45, 7) is 4.98. The molecule has 0 spiro atoms.